The predicted molar refractivity (Wildman–Crippen MR) is 113 cm³/mol. The molecule has 0 unspecified atom stereocenters. The van der Waals surface area contributed by atoms with Gasteiger partial charge in [0, 0.05) is 48.0 Å². The van der Waals surface area contributed by atoms with E-state index in [2.05, 4.69) is 23.0 Å². The lowest BCUT2D eigenvalue weighted by molar-refractivity contribution is 0.0741. The molecule has 0 saturated heterocycles. The number of aryl methyl sites for hydroxylation is 2. The number of benzene rings is 1. The van der Waals surface area contributed by atoms with Crippen LogP contribution in [0.25, 0.3) is 11.1 Å². The van der Waals surface area contributed by atoms with Crippen molar-refractivity contribution in [2.75, 3.05) is 6.54 Å². The summed E-state index contributed by atoms with van der Waals surface area (Å²) in [6, 6.07) is 15.9. The lowest BCUT2D eigenvalue weighted by Gasteiger charge is -2.23. The van der Waals surface area contributed by atoms with E-state index in [0.717, 1.165) is 47.5 Å². The van der Waals surface area contributed by atoms with Crippen LogP contribution >= 0.6 is 0 Å². The molecule has 3 aromatic rings. The van der Waals surface area contributed by atoms with E-state index in [4.69, 9.17) is 0 Å². The first kappa shape index (κ1) is 19.7. The number of hydrogen-bond donors (Lipinski definition) is 0. The maximum atomic E-state index is 13.3. The normalized spacial score (nSPS) is 10.7. The number of carbonyl (C=O) groups is 1. The van der Waals surface area contributed by atoms with Gasteiger partial charge >= 0.3 is 0 Å². The fraction of sp³-hybridized carbons (Fsp3) is 0.292. The highest BCUT2D eigenvalue weighted by Gasteiger charge is 2.17. The van der Waals surface area contributed by atoms with Crippen LogP contribution in [0.3, 0.4) is 0 Å². The third-order valence-electron chi connectivity index (χ3n) is 4.84. The van der Waals surface area contributed by atoms with Gasteiger partial charge in [-0.05, 0) is 61.7 Å². The molecule has 0 fully saturated rings. The molecule has 2 aromatic heterocycles. The summed E-state index contributed by atoms with van der Waals surface area (Å²) in [6.07, 6.45) is 5.57. The Morgan fingerprint density at radius 3 is 2.54 bits per heavy atom. The maximum absolute atomic E-state index is 13.3. The Kier molecular flexibility index (Phi) is 6.53. The average molecular weight is 374 g/mol. The van der Waals surface area contributed by atoms with Crippen molar-refractivity contribution in [1.82, 2.24) is 14.9 Å². The zero-order chi connectivity index (χ0) is 19.9. The third-order valence-corrected chi connectivity index (χ3v) is 4.84. The molecule has 0 bridgehead atoms. The molecule has 4 nitrogen and oxygen atoms in total. The summed E-state index contributed by atoms with van der Waals surface area (Å²) in [4.78, 5) is 23.8. The van der Waals surface area contributed by atoms with Crippen LogP contribution in [0.15, 0.2) is 60.9 Å². The second-order valence-electron chi connectivity index (χ2n) is 7.10. The molecular formula is C24H27N3O. The minimum absolute atomic E-state index is 0.0600. The standard InChI is InChI=1S/C24H27N3O/c1-4-5-15-27(17-20-11-13-25-14-12-20)24(28)22-8-6-7-21(16-22)23-10-9-18(2)26-19(23)3/h6-14,16H,4-5,15,17H2,1-3H3. The lowest BCUT2D eigenvalue weighted by atomic mass is 10.0. The molecule has 0 atom stereocenters. The molecule has 0 saturated carbocycles. The summed E-state index contributed by atoms with van der Waals surface area (Å²) in [5, 5.41) is 0. The van der Waals surface area contributed by atoms with Gasteiger partial charge in [-0.1, -0.05) is 31.5 Å². The Labute approximate surface area is 167 Å². The summed E-state index contributed by atoms with van der Waals surface area (Å²) < 4.78 is 0. The van der Waals surface area contributed by atoms with Gasteiger partial charge < -0.3 is 4.90 Å². The number of hydrogen-bond acceptors (Lipinski definition) is 3. The Balaban J connectivity index is 1.88. The van der Waals surface area contributed by atoms with E-state index in [1.165, 1.54) is 0 Å². The van der Waals surface area contributed by atoms with Crippen molar-refractivity contribution in [3.63, 3.8) is 0 Å². The minimum atomic E-state index is 0.0600. The van der Waals surface area contributed by atoms with Crippen LogP contribution in [0.2, 0.25) is 0 Å². The van der Waals surface area contributed by atoms with Crippen LogP contribution in [0, 0.1) is 13.8 Å². The van der Waals surface area contributed by atoms with Gasteiger partial charge in [-0.3, -0.25) is 14.8 Å². The van der Waals surface area contributed by atoms with Crippen molar-refractivity contribution in [2.45, 2.75) is 40.2 Å². The van der Waals surface area contributed by atoms with Gasteiger partial charge in [-0.2, -0.15) is 0 Å². The first-order valence-electron chi connectivity index (χ1n) is 9.81. The molecule has 1 aromatic carbocycles. The van der Waals surface area contributed by atoms with Crippen molar-refractivity contribution >= 4 is 5.91 Å². The van der Waals surface area contributed by atoms with Crippen molar-refractivity contribution in [2.24, 2.45) is 0 Å². The number of aromatic nitrogens is 2. The number of pyridine rings is 2. The lowest BCUT2D eigenvalue weighted by Crippen LogP contribution is -2.31. The predicted octanol–water partition coefficient (Wildman–Crippen LogP) is 5.20. The molecular weight excluding hydrogens is 346 g/mol. The second-order valence-corrected chi connectivity index (χ2v) is 7.10. The van der Waals surface area contributed by atoms with Crippen LogP contribution in [-0.2, 0) is 6.54 Å². The summed E-state index contributed by atoms with van der Waals surface area (Å²) in [6.45, 7) is 7.47. The topological polar surface area (TPSA) is 46.1 Å². The van der Waals surface area contributed by atoms with Crippen LogP contribution in [0.4, 0.5) is 0 Å². The highest BCUT2D eigenvalue weighted by molar-refractivity contribution is 5.95. The Hall–Kier alpha value is -3.01. The molecule has 0 spiro atoms. The van der Waals surface area contributed by atoms with Gasteiger partial charge in [0.15, 0.2) is 0 Å². The molecule has 2 heterocycles. The van der Waals surface area contributed by atoms with Crippen molar-refractivity contribution in [3.8, 4) is 11.1 Å². The quantitative estimate of drug-likeness (QED) is 0.571. The Morgan fingerprint density at radius 1 is 1.04 bits per heavy atom. The molecule has 0 aliphatic carbocycles. The molecule has 3 rings (SSSR count). The van der Waals surface area contributed by atoms with Crippen molar-refractivity contribution < 1.29 is 4.79 Å². The number of rotatable bonds is 7. The fourth-order valence-corrected chi connectivity index (χ4v) is 3.30. The van der Waals surface area contributed by atoms with E-state index in [9.17, 15) is 4.79 Å². The molecule has 28 heavy (non-hydrogen) atoms. The molecule has 144 valence electrons. The molecule has 4 heteroatoms. The van der Waals surface area contributed by atoms with E-state index in [0.29, 0.717) is 12.1 Å². The Bertz CT molecular complexity index is 938. The summed E-state index contributed by atoms with van der Waals surface area (Å²) in [7, 11) is 0. The van der Waals surface area contributed by atoms with Crippen molar-refractivity contribution in [1.29, 1.82) is 0 Å². The van der Waals surface area contributed by atoms with Gasteiger partial charge in [0.2, 0.25) is 0 Å². The van der Waals surface area contributed by atoms with Crippen LogP contribution in [0.5, 0.6) is 0 Å². The first-order valence-corrected chi connectivity index (χ1v) is 9.81. The Morgan fingerprint density at radius 2 is 1.82 bits per heavy atom. The number of nitrogens with zero attached hydrogens (tertiary/aromatic N) is 3. The number of amides is 1. The first-order chi connectivity index (χ1) is 13.6. The maximum Gasteiger partial charge on any atom is 0.254 e. The van der Waals surface area contributed by atoms with Gasteiger partial charge in [0.05, 0.1) is 0 Å². The summed E-state index contributed by atoms with van der Waals surface area (Å²) in [5.41, 5.74) is 5.86. The van der Waals surface area contributed by atoms with Crippen LogP contribution < -0.4 is 0 Å². The highest BCUT2D eigenvalue weighted by Crippen LogP contribution is 2.24. The smallest absolute Gasteiger partial charge is 0.254 e. The summed E-state index contributed by atoms with van der Waals surface area (Å²) in [5.74, 6) is 0.0600. The third kappa shape index (κ3) is 4.83. The van der Waals surface area contributed by atoms with E-state index < -0.39 is 0 Å². The number of unbranched alkanes of at least 4 members (excludes halogenated alkanes) is 1. The van der Waals surface area contributed by atoms with E-state index >= 15 is 0 Å². The van der Waals surface area contributed by atoms with E-state index in [1.54, 1.807) is 12.4 Å². The van der Waals surface area contributed by atoms with Crippen LogP contribution in [-0.4, -0.2) is 27.3 Å². The van der Waals surface area contributed by atoms with Gasteiger partial charge in [0.1, 0.15) is 0 Å². The van der Waals surface area contributed by atoms with Crippen molar-refractivity contribution in [3.05, 3.63) is 83.4 Å². The van der Waals surface area contributed by atoms with Gasteiger partial charge in [-0.15, -0.1) is 0 Å². The fourth-order valence-electron chi connectivity index (χ4n) is 3.30. The largest absolute Gasteiger partial charge is 0.334 e. The highest BCUT2D eigenvalue weighted by atomic mass is 16.2. The van der Waals surface area contributed by atoms with Crippen LogP contribution in [0.1, 0.15) is 47.1 Å². The second kappa shape index (κ2) is 9.27. The zero-order valence-corrected chi connectivity index (χ0v) is 16.9. The summed E-state index contributed by atoms with van der Waals surface area (Å²) >= 11 is 0. The van der Waals surface area contributed by atoms with Gasteiger partial charge in [-0.25, -0.2) is 0 Å². The molecule has 0 radical (unpaired) electrons. The minimum Gasteiger partial charge on any atom is -0.334 e. The molecule has 0 aliphatic rings. The molecule has 0 aliphatic heterocycles. The van der Waals surface area contributed by atoms with Gasteiger partial charge in [0.25, 0.3) is 5.91 Å². The van der Waals surface area contributed by atoms with E-state index in [1.807, 2.05) is 61.2 Å². The SMILES string of the molecule is CCCCN(Cc1ccncc1)C(=O)c1cccc(-c2ccc(C)nc2C)c1. The number of carbonyl (C=O) groups excluding carboxylic acids is 1. The molecule has 1 amide bonds. The average Bonchev–Trinajstić information content (AvgIpc) is 2.71. The monoisotopic (exact) mass is 373 g/mol. The molecule has 0 N–H and O–H groups in total. The zero-order valence-electron chi connectivity index (χ0n) is 16.9. The van der Waals surface area contributed by atoms with E-state index in [-0.39, 0.29) is 5.91 Å².